The van der Waals surface area contributed by atoms with Crippen LogP contribution in [0.2, 0.25) is 0 Å². The molecule has 1 aliphatic heterocycles. The number of ketones is 1. The van der Waals surface area contributed by atoms with Crippen molar-refractivity contribution in [3.05, 3.63) is 83.4 Å². The lowest BCUT2D eigenvalue weighted by molar-refractivity contribution is 0.104. The fraction of sp³-hybridized carbons (Fsp3) is 0. The summed E-state index contributed by atoms with van der Waals surface area (Å²) in [6, 6.07) is 21.8. The van der Waals surface area contributed by atoms with Crippen molar-refractivity contribution in [1.82, 2.24) is 0 Å². The molecule has 1 aliphatic rings. The first-order valence-corrected chi connectivity index (χ1v) is 7.90. The first-order chi connectivity index (χ1) is 10.8. The number of hydrogen-bond acceptors (Lipinski definition) is 3. The van der Waals surface area contributed by atoms with Crippen LogP contribution in [0.4, 0.5) is 5.69 Å². The molecule has 2 nitrogen and oxygen atoms in total. The first-order valence-electron chi connectivity index (χ1n) is 7.09. The van der Waals surface area contributed by atoms with E-state index in [1.165, 1.54) is 10.8 Å². The lowest BCUT2D eigenvalue weighted by Gasteiger charge is -2.04. The average Bonchev–Trinajstić information content (AvgIpc) is 2.98. The zero-order chi connectivity index (χ0) is 14.9. The number of rotatable bonds is 2. The van der Waals surface area contributed by atoms with E-state index in [0.29, 0.717) is 5.56 Å². The molecule has 0 amide bonds. The van der Waals surface area contributed by atoms with Gasteiger partial charge in [0, 0.05) is 21.9 Å². The molecule has 3 aromatic rings. The summed E-state index contributed by atoms with van der Waals surface area (Å²) in [4.78, 5) is 13.4. The maximum absolute atomic E-state index is 12.3. The molecular formula is C19H13NOS. The van der Waals surface area contributed by atoms with E-state index in [1.54, 1.807) is 17.8 Å². The molecule has 0 atom stereocenters. The van der Waals surface area contributed by atoms with Gasteiger partial charge in [0.05, 0.1) is 10.7 Å². The number of fused-ring (bicyclic) bond motifs is 3. The van der Waals surface area contributed by atoms with Gasteiger partial charge in [-0.05, 0) is 11.5 Å². The second-order valence-corrected chi connectivity index (χ2v) is 6.21. The third-order valence-electron chi connectivity index (χ3n) is 3.68. The van der Waals surface area contributed by atoms with Crippen LogP contribution in [0, 0.1) is 0 Å². The Bertz CT molecular complexity index is 900. The van der Waals surface area contributed by atoms with Gasteiger partial charge in [0.2, 0.25) is 0 Å². The van der Waals surface area contributed by atoms with Gasteiger partial charge in [-0.3, -0.25) is 4.79 Å². The number of carbonyl (C=O) groups is 1. The number of benzene rings is 3. The van der Waals surface area contributed by atoms with Crippen molar-refractivity contribution in [2.45, 2.75) is 4.90 Å². The van der Waals surface area contributed by atoms with Gasteiger partial charge in [-0.15, -0.1) is 0 Å². The Morgan fingerprint density at radius 1 is 0.909 bits per heavy atom. The summed E-state index contributed by atoms with van der Waals surface area (Å²) in [6.07, 6.45) is 1.68. The Kier molecular flexibility index (Phi) is 3.20. The largest absolute Gasteiger partial charge is 0.348 e. The molecule has 0 saturated heterocycles. The van der Waals surface area contributed by atoms with E-state index in [0.717, 1.165) is 15.6 Å². The SMILES string of the molecule is O=C(C=C1Nc2c(ccc3ccccc23)S1)c1ccccc1. The molecular weight excluding hydrogens is 290 g/mol. The maximum atomic E-state index is 12.3. The van der Waals surface area contributed by atoms with Gasteiger partial charge in [0.1, 0.15) is 0 Å². The summed E-state index contributed by atoms with van der Waals surface area (Å²) in [5.74, 6) is 0.0210. The van der Waals surface area contributed by atoms with E-state index in [2.05, 4.69) is 29.6 Å². The normalized spacial score (nSPS) is 14.8. The van der Waals surface area contributed by atoms with Crippen LogP contribution in [0.1, 0.15) is 10.4 Å². The zero-order valence-electron chi connectivity index (χ0n) is 11.7. The smallest absolute Gasteiger partial charge is 0.188 e. The number of carbonyl (C=O) groups excluding carboxylic acids is 1. The van der Waals surface area contributed by atoms with Crippen molar-refractivity contribution < 1.29 is 4.79 Å². The summed E-state index contributed by atoms with van der Waals surface area (Å²) in [6.45, 7) is 0. The van der Waals surface area contributed by atoms with Crippen LogP contribution in [-0.2, 0) is 0 Å². The Morgan fingerprint density at radius 2 is 1.68 bits per heavy atom. The monoisotopic (exact) mass is 303 g/mol. The summed E-state index contributed by atoms with van der Waals surface area (Å²) in [5.41, 5.74) is 1.80. The summed E-state index contributed by atoms with van der Waals surface area (Å²) in [7, 11) is 0. The van der Waals surface area contributed by atoms with Crippen molar-refractivity contribution in [1.29, 1.82) is 0 Å². The minimum absolute atomic E-state index is 0.0210. The molecule has 1 N–H and O–H groups in total. The van der Waals surface area contributed by atoms with Gasteiger partial charge in [-0.2, -0.15) is 0 Å². The Labute approximate surface area is 132 Å². The van der Waals surface area contributed by atoms with Crippen molar-refractivity contribution in [3.63, 3.8) is 0 Å². The van der Waals surface area contributed by atoms with Gasteiger partial charge in [-0.25, -0.2) is 0 Å². The fourth-order valence-electron chi connectivity index (χ4n) is 2.60. The standard InChI is InChI=1S/C19H13NOS/c21-16(14-7-2-1-3-8-14)12-18-20-19-15-9-5-4-6-13(15)10-11-17(19)22-18/h1-12,20H. The van der Waals surface area contributed by atoms with Crippen molar-refractivity contribution in [2.75, 3.05) is 5.32 Å². The molecule has 0 spiro atoms. The number of allylic oxidation sites excluding steroid dienone is 1. The van der Waals surface area contributed by atoms with Gasteiger partial charge < -0.3 is 5.32 Å². The molecule has 0 saturated carbocycles. The van der Waals surface area contributed by atoms with Crippen LogP contribution in [0.25, 0.3) is 10.8 Å². The second kappa shape index (κ2) is 5.35. The van der Waals surface area contributed by atoms with Crippen molar-refractivity contribution >= 4 is 34.0 Å². The minimum atomic E-state index is 0.0210. The van der Waals surface area contributed by atoms with E-state index in [9.17, 15) is 4.79 Å². The molecule has 0 unspecified atom stereocenters. The molecule has 1 heterocycles. The third kappa shape index (κ3) is 2.30. The van der Waals surface area contributed by atoms with Gasteiger partial charge >= 0.3 is 0 Å². The molecule has 4 rings (SSSR count). The number of anilines is 1. The molecule has 0 fully saturated rings. The predicted molar refractivity (Wildman–Crippen MR) is 92.3 cm³/mol. The Morgan fingerprint density at radius 3 is 2.55 bits per heavy atom. The molecule has 3 heteroatoms. The Balaban J connectivity index is 1.69. The molecule has 0 bridgehead atoms. The lowest BCUT2D eigenvalue weighted by Crippen LogP contribution is -1.98. The molecule has 106 valence electrons. The van der Waals surface area contributed by atoms with Crippen LogP contribution in [-0.4, -0.2) is 5.78 Å². The van der Waals surface area contributed by atoms with E-state index in [4.69, 9.17) is 0 Å². The predicted octanol–water partition coefficient (Wildman–Crippen LogP) is 5.08. The van der Waals surface area contributed by atoms with Crippen LogP contribution in [0.3, 0.4) is 0 Å². The van der Waals surface area contributed by atoms with Crippen LogP contribution in [0.5, 0.6) is 0 Å². The molecule has 3 aromatic carbocycles. The fourth-order valence-corrected chi connectivity index (χ4v) is 3.56. The van der Waals surface area contributed by atoms with Gasteiger partial charge in [0.25, 0.3) is 0 Å². The average molecular weight is 303 g/mol. The highest BCUT2D eigenvalue weighted by molar-refractivity contribution is 8.03. The highest BCUT2D eigenvalue weighted by Crippen LogP contribution is 2.44. The maximum Gasteiger partial charge on any atom is 0.188 e. The third-order valence-corrected chi connectivity index (χ3v) is 4.68. The van der Waals surface area contributed by atoms with Crippen LogP contribution < -0.4 is 5.32 Å². The second-order valence-electron chi connectivity index (χ2n) is 5.13. The summed E-state index contributed by atoms with van der Waals surface area (Å²) < 4.78 is 0. The molecule has 0 radical (unpaired) electrons. The molecule has 0 aromatic heterocycles. The Hall–Kier alpha value is -2.52. The molecule has 0 aliphatic carbocycles. The highest BCUT2D eigenvalue weighted by atomic mass is 32.2. The van der Waals surface area contributed by atoms with Gasteiger partial charge in [0.15, 0.2) is 5.78 Å². The quantitative estimate of drug-likeness (QED) is 0.528. The first kappa shape index (κ1) is 13.2. The van der Waals surface area contributed by atoms with Gasteiger partial charge in [-0.1, -0.05) is 72.4 Å². The van der Waals surface area contributed by atoms with E-state index in [-0.39, 0.29) is 5.78 Å². The number of thioether (sulfide) groups is 1. The van der Waals surface area contributed by atoms with E-state index < -0.39 is 0 Å². The van der Waals surface area contributed by atoms with E-state index in [1.807, 2.05) is 42.5 Å². The number of nitrogens with one attached hydrogen (secondary N) is 1. The van der Waals surface area contributed by atoms with Crippen molar-refractivity contribution in [3.8, 4) is 0 Å². The molecule has 22 heavy (non-hydrogen) atoms. The van der Waals surface area contributed by atoms with E-state index >= 15 is 0 Å². The topological polar surface area (TPSA) is 29.1 Å². The van der Waals surface area contributed by atoms with Crippen LogP contribution >= 0.6 is 11.8 Å². The number of hydrogen-bond donors (Lipinski definition) is 1. The lowest BCUT2D eigenvalue weighted by atomic mass is 10.1. The van der Waals surface area contributed by atoms with Crippen LogP contribution in [0.15, 0.2) is 82.7 Å². The summed E-state index contributed by atoms with van der Waals surface area (Å²) in [5, 5.41) is 6.64. The minimum Gasteiger partial charge on any atom is -0.348 e. The van der Waals surface area contributed by atoms with Crippen molar-refractivity contribution in [2.24, 2.45) is 0 Å². The zero-order valence-corrected chi connectivity index (χ0v) is 12.6. The highest BCUT2D eigenvalue weighted by Gasteiger charge is 2.19. The summed E-state index contributed by atoms with van der Waals surface area (Å²) >= 11 is 1.60.